The zero-order valence-corrected chi connectivity index (χ0v) is 14.8. The van der Waals surface area contributed by atoms with E-state index in [-0.39, 0.29) is 23.5 Å². The predicted octanol–water partition coefficient (Wildman–Crippen LogP) is 3.36. The largest absolute Gasteiger partial charge is 0.344 e. The lowest BCUT2D eigenvalue weighted by atomic mass is 9.88. The fourth-order valence-electron chi connectivity index (χ4n) is 3.16. The molecule has 1 fully saturated rings. The monoisotopic (exact) mass is 358 g/mol. The lowest BCUT2D eigenvalue weighted by Gasteiger charge is -2.18. The number of hydrogen-bond acceptors (Lipinski definition) is 3. The molecule has 1 aliphatic heterocycles. The number of thioether (sulfide) groups is 1. The number of halogens is 1. The number of likely N-dealkylation sites (tertiary alicyclic amines) is 1. The van der Waals surface area contributed by atoms with Crippen molar-refractivity contribution in [3.05, 3.63) is 59.9 Å². The maximum absolute atomic E-state index is 13.2. The van der Waals surface area contributed by atoms with Gasteiger partial charge in [-0.3, -0.25) is 9.59 Å². The van der Waals surface area contributed by atoms with Crippen LogP contribution >= 0.6 is 11.8 Å². The van der Waals surface area contributed by atoms with E-state index in [2.05, 4.69) is 5.32 Å². The number of nitrogens with zero attached hydrogens (tertiary/aromatic N) is 1. The summed E-state index contributed by atoms with van der Waals surface area (Å²) < 4.78 is 13.2. The van der Waals surface area contributed by atoms with Gasteiger partial charge in [0.1, 0.15) is 11.7 Å². The molecule has 3 rings (SSSR count). The molecule has 1 heterocycles. The first-order valence-corrected chi connectivity index (χ1v) is 9.18. The fourth-order valence-corrected chi connectivity index (χ4v) is 3.71. The van der Waals surface area contributed by atoms with Crippen molar-refractivity contribution in [2.24, 2.45) is 5.92 Å². The molecule has 0 bridgehead atoms. The topological polar surface area (TPSA) is 49.4 Å². The number of carbonyl (C=O) groups excluding carboxylic acids is 2. The first-order valence-electron chi connectivity index (χ1n) is 7.95. The van der Waals surface area contributed by atoms with Crippen LogP contribution in [0.1, 0.15) is 11.5 Å². The van der Waals surface area contributed by atoms with Crippen molar-refractivity contribution in [1.82, 2.24) is 4.90 Å². The average molecular weight is 358 g/mol. The Hall–Kier alpha value is -2.34. The molecule has 0 radical (unpaired) electrons. The summed E-state index contributed by atoms with van der Waals surface area (Å²) in [5.41, 5.74) is 1.48. The molecular formula is C19H19FN2O2S. The molecule has 2 atom stereocenters. The molecular weight excluding hydrogens is 339 g/mol. The Morgan fingerprint density at radius 2 is 1.88 bits per heavy atom. The van der Waals surface area contributed by atoms with Gasteiger partial charge in [0.05, 0.1) is 5.69 Å². The Kier molecular flexibility index (Phi) is 5.08. The van der Waals surface area contributed by atoms with Crippen LogP contribution in [0.5, 0.6) is 0 Å². The summed E-state index contributed by atoms with van der Waals surface area (Å²) in [5.74, 6) is -1.99. The third kappa shape index (κ3) is 3.54. The van der Waals surface area contributed by atoms with Crippen LogP contribution in [-0.2, 0) is 9.59 Å². The summed E-state index contributed by atoms with van der Waals surface area (Å²) in [6.07, 6.45) is 1.93. The number of likely N-dealkylation sites (N-methyl/N-ethyl adjacent to an activating group) is 1. The van der Waals surface area contributed by atoms with Crippen molar-refractivity contribution in [3.63, 3.8) is 0 Å². The lowest BCUT2D eigenvalue weighted by molar-refractivity contribution is -0.135. The first kappa shape index (κ1) is 17.5. The van der Waals surface area contributed by atoms with E-state index in [9.17, 15) is 14.0 Å². The standard InChI is InChI=1S/C19H19FN2O2S/c1-22-11-14(12-7-9-13(20)10-8-12)17(19(22)24)18(23)21-15-5-3-4-6-16(15)25-2/h3-10,14,17H,11H2,1-2H3,(H,21,23)/t14-,17+/m1/s1. The van der Waals surface area contributed by atoms with Gasteiger partial charge in [-0.05, 0) is 36.1 Å². The van der Waals surface area contributed by atoms with Gasteiger partial charge in [-0.25, -0.2) is 4.39 Å². The number of carbonyl (C=O) groups is 2. The molecule has 0 unspecified atom stereocenters. The van der Waals surface area contributed by atoms with Gasteiger partial charge >= 0.3 is 0 Å². The molecule has 1 aliphatic rings. The van der Waals surface area contributed by atoms with Crippen LogP contribution in [-0.4, -0.2) is 36.6 Å². The third-order valence-corrected chi connectivity index (χ3v) is 5.26. The molecule has 2 aromatic rings. The van der Waals surface area contributed by atoms with Crippen molar-refractivity contribution in [3.8, 4) is 0 Å². The van der Waals surface area contributed by atoms with Gasteiger partial charge in [0.15, 0.2) is 0 Å². The van der Waals surface area contributed by atoms with Gasteiger partial charge in [0.25, 0.3) is 0 Å². The summed E-state index contributed by atoms with van der Waals surface area (Å²) in [5, 5.41) is 2.88. The van der Waals surface area contributed by atoms with Gasteiger partial charge in [0.2, 0.25) is 11.8 Å². The third-order valence-electron chi connectivity index (χ3n) is 4.46. The molecule has 0 spiro atoms. The highest BCUT2D eigenvalue weighted by molar-refractivity contribution is 7.98. The lowest BCUT2D eigenvalue weighted by Crippen LogP contribution is -2.32. The second-order valence-electron chi connectivity index (χ2n) is 6.04. The molecule has 0 aromatic heterocycles. The van der Waals surface area contributed by atoms with E-state index in [1.54, 1.807) is 24.1 Å². The number of amides is 2. The highest BCUT2D eigenvalue weighted by atomic mass is 32.2. The van der Waals surface area contributed by atoms with Gasteiger partial charge in [-0.2, -0.15) is 0 Å². The Labute approximate surface area is 150 Å². The molecule has 6 heteroatoms. The van der Waals surface area contributed by atoms with E-state index >= 15 is 0 Å². The van der Waals surface area contributed by atoms with Crippen LogP contribution in [0.3, 0.4) is 0 Å². The summed E-state index contributed by atoms with van der Waals surface area (Å²) in [6, 6.07) is 13.5. The minimum Gasteiger partial charge on any atom is -0.344 e. The van der Waals surface area contributed by atoms with Crippen LogP contribution in [0.15, 0.2) is 53.4 Å². The van der Waals surface area contributed by atoms with Crippen molar-refractivity contribution < 1.29 is 14.0 Å². The quantitative estimate of drug-likeness (QED) is 0.673. The molecule has 4 nitrogen and oxygen atoms in total. The molecule has 130 valence electrons. The van der Waals surface area contributed by atoms with Crippen molar-refractivity contribution in [2.45, 2.75) is 10.8 Å². The Morgan fingerprint density at radius 3 is 2.56 bits per heavy atom. The molecule has 2 aromatic carbocycles. The molecule has 0 aliphatic carbocycles. The van der Waals surface area contributed by atoms with Crippen molar-refractivity contribution in [2.75, 3.05) is 25.2 Å². The molecule has 1 N–H and O–H groups in total. The summed E-state index contributed by atoms with van der Waals surface area (Å²) in [4.78, 5) is 27.9. The summed E-state index contributed by atoms with van der Waals surface area (Å²) in [7, 11) is 1.68. The van der Waals surface area contributed by atoms with E-state index < -0.39 is 5.92 Å². The number of nitrogens with one attached hydrogen (secondary N) is 1. The van der Waals surface area contributed by atoms with Crippen LogP contribution in [0.25, 0.3) is 0 Å². The second-order valence-corrected chi connectivity index (χ2v) is 6.89. The summed E-state index contributed by atoms with van der Waals surface area (Å²) in [6.45, 7) is 0.437. The van der Waals surface area contributed by atoms with Gasteiger partial charge in [-0.15, -0.1) is 11.8 Å². The summed E-state index contributed by atoms with van der Waals surface area (Å²) >= 11 is 1.53. The zero-order valence-electron chi connectivity index (χ0n) is 14.0. The number of para-hydroxylation sites is 1. The second kappa shape index (κ2) is 7.27. The van der Waals surface area contributed by atoms with Crippen LogP contribution in [0, 0.1) is 11.7 Å². The Balaban J connectivity index is 1.87. The SMILES string of the molecule is CSc1ccccc1NC(=O)[C@H]1C(=O)N(C)C[C@@H]1c1ccc(F)cc1. The van der Waals surface area contributed by atoms with Gasteiger partial charge < -0.3 is 10.2 Å². The van der Waals surface area contributed by atoms with Crippen LogP contribution < -0.4 is 5.32 Å². The highest BCUT2D eigenvalue weighted by Crippen LogP contribution is 2.35. The van der Waals surface area contributed by atoms with E-state index in [4.69, 9.17) is 0 Å². The zero-order chi connectivity index (χ0) is 18.0. The molecule has 2 amide bonds. The van der Waals surface area contributed by atoms with E-state index in [0.29, 0.717) is 12.2 Å². The molecule has 25 heavy (non-hydrogen) atoms. The van der Waals surface area contributed by atoms with E-state index in [0.717, 1.165) is 10.5 Å². The van der Waals surface area contributed by atoms with Crippen molar-refractivity contribution in [1.29, 1.82) is 0 Å². The average Bonchev–Trinajstić information content (AvgIpc) is 2.91. The molecule has 0 saturated carbocycles. The maximum atomic E-state index is 13.2. The molecule has 1 saturated heterocycles. The predicted molar refractivity (Wildman–Crippen MR) is 97.1 cm³/mol. The fraction of sp³-hybridized carbons (Fsp3) is 0.263. The van der Waals surface area contributed by atoms with Crippen molar-refractivity contribution >= 4 is 29.3 Å². The van der Waals surface area contributed by atoms with Crippen LogP contribution in [0.4, 0.5) is 10.1 Å². The number of anilines is 1. The smallest absolute Gasteiger partial charge is 0.237 e. The van der Waals surface area contributed by atoms with E-state index in [1.165, 1.54) is 23.9 Å². The van der Waals surface area contributed by atoms with E-state index in [1.807, 2.05) is 30.5 Å². The Bertz CT molecular complexity index is 794. The van der Waals surface area contributed by atoms with Crippen LogP contribution in [0.2, 0.25) is 0 Å². The minimum absolute atomic E-state index is 0.214. The van der Waals surface area contributed by atoms with Gasteiger partial charge in [-0.1, -0.05) is 24.3 Å². The number of hydrogen-bond donors (Lipinski definition) is 1. The Morgan fingerprint density at radius 1 is 1.20 bits per heavy atom. The maximum Gasteiger partial charge on any atom is 0.237 e. The first-order chi connectivity index (χ1) is 12.0. The normalized spacial score (nSPS) is 20.0. The minimum atomic E-state index is -0.814. The number of rotatable bonds is 4. The van der Waals surface area contributed by atoms with Gasteiger partial charge in [0, 0.05) is 24.4 Å². The number of benzene rings is 2. The highest BCUT2D eigenvalue weighted by Gasteiger charge is 2.44.